The Morgan fingerprint density at radius 3 is 2.78 bits per heavy atom. The first-order valence-corrected chi connectivity index (χ1v) is 5.96. The van der Waals surface area contributed by atoms with Crippen molar-refractivity contribution in [3.8, 4) is 5.69 Å². The molecule has 4 nitrogen and oxygen atoms in total. The molecule has 0 atom stereocenters. The molecule has 2 aromatic rings. The van der Waals surface area contributed by atoms with Gasteiger partial charge >= 0.3 is 5.97 Å². The molecule has 1 aromatic carbocycles. The summed E-state index contributed by atoms with van der Waals surface area (Å²) in [5.74, 6) is -0.0458. The number of para-hydroxylation sites is 1. The molecule has 0 aliphatic rings. The summed E-state index contributed by atoms with van der Waals surface area (Å²) >= 11 is 0. The Morgan fingerprint density at radius 2 is 2.11 bits per heavy atom. The highest BCUT2D eigenvalue weighted by molar-refractivity contribution is 5.69. The van der Waals surface area contributed by atoms with Crippen molar-refractivity contribution in [1.82, 2.24) is 9.55 Å². The fraction of sp³-hybridized carbons (Fsp3) is 0.286. The Balaban J connectivity index is 2.44. The minimum Gasteiger partial charge on any atom is -0.481 e. The van der Waals surface area contributed by atoms with Crippen molar-refractivity contribution >= 4 is 5.97 Å². The molecule has 0 bridgehead atoms. The normalized spacial score (nSPS) is 10.6. The lowest BCUT2D eigenvalue weighted by Crippen LogP contribution is -2.00. The molecular weight excluding hydrogens is 228 g/mol. The van der Waals surface area contributed by atoms with E-state index in [4.69, 9.17) is 5.11 Å². The van der Waals surface area contributed by atoms with Crippen LogP contribution in [0, 0.1) is 6.92 Å². The maximum atomic E-state index is 10.7. The molecule has 0 aliphatic carbocycles. The predicted molar refractivity (Wildman–Crippen MR) is 69.0 cm³/mol. The third kappa shape index (κ3) is 2.42. The zero-order chi connectivity index (χ0) is 13.1. The minimum absolute atomic E-state index is 0.0396. The molecule has 0 aliphatic heterocycles. The second kappa shape index (κ2) is 5.04. The first kappa shape index (κ1) is 12.4. The Morgan fingerprint density at radius 1 is 1.39 bits per heavy atom. The van der Waals surface area contributed by atoms with Crippen LogP contribution in [0.15, 0.2) is 30.5 Å². The predicted octanol–water partition coefficient (Wildman–Crippen LogP) is 2.37. The van der Waals surface area contributed by atoms with Gasteiger partial charge in [-0.25, -0.2) is 4.98 Å². The molecule has 0 amide bonds. The number of imidazole rings is 1. The van der Waals surface area contributed by atoms with Gasteiger partial charge in [-0.15, -0.1) is 0 Å². The van der Waals surface area contributed by atoms with Crippen LogP contribution in [0.2, 0.25) is 0 Å². The van der Waals surface area contributed by atoms with Gasteiger partial charge in [0.25, 0.3) is 0 Å². The largest absolute Gasteiger partial charge is 0.481 e. The smallest absolute Gasteiger partial charge is 0.309 e. The number of aromatic nitrogens is 2. The third-order valence-electron chi connectivity index (χ3n) is 2.90. The van der Waals surface area contributed by atoms with Gasteiger partial charge < -0.3 is 9.67 Å². The average molecular weight is 244 g/mol. The van der Waals surface area contributed by atoms with Crippen molar-refractivity contribution in [2.75, 3.05) is 0 Å². The highest BCUT2D eigenvalue weighted by atomic mass is 16.4. The molecule has 4 heteroatoms. The fourth-order valence-corrected chi connectivity index (χ4v) is 2.06. The second-order valence-corrected chi connectivity index (χ2v) is 4.20. The van der Waals surface area contributed by atoms with Gasteiger partial charge in [0.1, 0.15) is 5.82 Å². The van der Waals surface area contributed by atoms with Gasteiger partial charge in [-0.2, -0.15) is 0 Å². The van der Waals surface area contributed by atoms with E-state index in [1.54, 1.807) is 6.20 Å². The van der Waals surface area contributed by atoms with Gasteiger partial charge in [0.15, 0.2) is 0 Å². The molecule has 0 radical (unpaired) electrons. The molecule has 0 unspecified atom stereocenters. The number of aliphatic carboxylic acids is 1. The van der Waals surface area contributed by atoms with Crippen LogP contribution in [0.4, 0.5) is 0 Å². The summed E-state index contributed by atoms with van der Waals surface area (Å²) in [6.45, 7) is 3.99. The first-order chi connectivity index (χ1) is 8.61. The van der Waals surface area contributed by atoms with Crippen molar-refractivity contribution in [2.45, 2.75) is 26.7 Å². The minimum atomic E-state index is -0.858. The standard InChI is InChI=1S/C14H16N2O2/c1-3-11-6-4-5-7-13(11)16-9-12(8-14(17)18)15-10(16)2/h4-7,9H,3,8H2,1-2H3,(H,17,18). The summed E-state index contributed by atoms with van der Waals surface area (Å²) in [4.78, 5) is 15.0. The fourth-order valence-electron chi connectivity index (χ4n) is 2.06. The van der Waals surface area contributed by atoms with Crippen molar-refractivity contribution in [1.29, 1.82) is 0 Å². The summed E-state index contributed by atoms with van der Waals surface area (Å²) in [6.07, 6.45) is 2.70. The highest BCUT2D eigenvalue weighted by Crippen LogP contribution is 2.18. The summed E-state index contributed by atoms with van der Waals surface area (Å²) in [5.41, 5.74) is 2.88. The van der Waals surface area contributed by atoms with E-state index < -0.39 is 5.97 Å². The molecule has 94 valence electrons. The molecule has 0 spiro atoms. The molecule has 2 rings (SSSR count). The van der Waals surface area contributed by atoms with E-state index in [2.05, 4.69) is 18.0 Å². The van der Waals surface area contributed by atoms with Gasteiger partial charge in [-0.05, 0) is 25.0 Å². The Bertz CT molecular complexity index is 573. The van der Waals surface area contributed by atoms with Crippen molar-refractivity contribution < 1.29 is 9.90 Å². The maximum absolute atomic E-state index is 10.7. The summed E-state index contributed by atoms with van der Waals surface area (Å²) < 4.78 is 1.96. The monoisotopic (exact) mass is 244 g/mol. The summed E-state index contributed by atoms with van der Waals surface area (Å²) in [5, 5.41) is 8.79. The van der Waals surface area contributed by atoms with E-state index in [0.717, 1.165) is 17.9 Å². The van der Waals surface area contributed by atoms with E-state index in [9.17, 15) is 4.79 Å². The van der Waals surface area contributed by atoms with Crippen molar-refractivity contribution in [3.63, 3.8) is 0 Å². The Hall–Kier alpha value is -2.10. The lowest BCUT2D eigenvalue weighted by Gasteiger charge is -2.09. The van der Waals surface area contributed by atoms with Crippen LogP contribution in [0.25, 0.3) is 5.69 Å². The third-order valence-corrected chi connectivity index (χ3v) is 2.90. The Kier molecular flexibility index (Phi) is 3.46. The number of carboxylic acids is 1. The second-order valence-electron chi connectivity index (χ2n) is 4.20. The molecule has 0 fully saturated rings. The SMILES string of the molecule is CCc1ccccc1-n1cc(CC(=O)O)nc1C. The van der Waals surface area contributed by atoms with Gasteiger partial charge in [-0.1, -0.05) is 25.1 Å². The number of carbonyl (C=O) groups is 1. The summed E-state index contributed by atoms with van der Waals surface area (Å²) in [6, 6.07) is 8.08. The lowest BCUT2D eigenvalue weighted by molar-refractivity contribution is -0.136. The molecule has 18 heavy (non-hydrogen) atoms. The topological polar surface area (TPSA) is 55.1 Å². The lowest BCUT2D eigenvalue weighted by atomic mass is 10.1. The van der Waals surface area contributed by atoms with Crippen LogP contribution < -0.4 is 0 Å². The van der Waals surface area contributed by atoms with Crippen molar-refractivity contribution in [2.24, 2.45) is 0 Å². The number of nitrogens with zero attached hydrogens (tertiary/aromatic N) is 2. The molecule has 0 saturated heterocycles. The first-order valence-electron chi connectivity index (χ1n) is 5.96. The van der Waals surface area contributed by atoms with Gasteiger partial charge in [0.2, 0.25) is 0 Å². The number of hydrogen-bond acceptors (Lipinski definition) is 2. The molecule has 1 N–H and O–H groups in total. The van der Waals surface area contributed by atoms with E-state index in [0.29, 0.717) is 5.69 Å². The van der Waals surface area contributed by atoms with Crippen LogP contribution in [-0.2, 0) is 17.6 Å². The number of rotatable bonds is 4. The van der Waals surface area contributed by atoms with Crippen LogP contribution in [-0.4, -0.2) is 20.6 Å². The van der Waals surface area contributed by atoms with E-state index >= 15 is 0 Å². The summed E-state index contributed by atoms with van der Waals surface area (Å²) in [7, 11) is 0. The van der Waals surface area contributed by atoms with E-state index in [1.807, 2.05) is 29.7 Å². The van der Waals surface area contributed by atoms with Crippen LogP contribution in [0.1, 0.15) is 24.0 Å². The molecule has 1 aromatic heterocycles. The quantitative estimate of drug-likeness (QED) is 0.898. The van der Waals surface area contributed by atoms with Gasteiger partial charge in [0, 0.05) is 11.9 Å². The number of benzene rings is 1. The Labute approximate surface area is 106 Å². The number of carboxylic acid groups (broad SMARTS) is 1. The zero-order valence-electron chi connectivity index (χ0n) is 10.6. The van der Waals surface area contributed by atoms with Crippen LogP contribution in [0.3, 0.4) is 0 Å². The number of hydrogen-bond donors (Lipinski definition) is 1. The highest BCUT2D eigenvalue weighted by Gasteiger charge is 2.10. The number of aryl methyl sites for hydroxylation is 2. The van der Waals surface area contributed by atoms with Gasteiger partial charge in [-0.3, -0.25) is 4.79 Å². The van der Waals surface area contributed by atoms with Crippen molar-refractivity contribution in [3.05, 3.63) is 47.5 Å². The molecule has 0 saturated carbocycles. The van der Waals surface area contributed by atoms with Gasteiger partial charge in [0.05, 0.1) is 12.1 Å². The van der Waals surface area contributed by atoms with Crippen LogP contribution >= 0.6 is 0 Å². The molecule has 1 heterocycles. The van der Waals surface area contributed by atoms with E-state index in [-0.39, 0.29) is 6.42 Å². The average Bonchev–Trinajstić information content (AvgIpc) is 2.69. The van der Waals surface area contributed by atoms with Crippen LogP contribution in [0.5, 0.6) is 0 Å². The zero-order valence-corrected chi connectivity index (χ0v) is 10.6. The maximum Gasteiger partial charge on any atom is 0.309 e. The molecular formula is C14H16N2O2. The van der Waals surface area contributed by atoms with E-state index in [1.165, 1.54) is 5.56 Å².